The highest BCUT2D eigenvalue weighted by atomic mass is 32.2. The summed E-state index contributed by atoms with van der Waals surface area (Å²) >= 11 is 0. The first-order valence-corrected chi connectivity index (χ1v) is 8.22. The third-order valence-electron chi connectivity index (χ3n) is 3.43. The van der Waals surface area contributed by atoms with Crippen LogP contribution in [0.4, 0.5) is 5.95 Å². The summed E-state index contributed by atoms with van der Waals surface area (Å²) in [6, 6.07) is 8.35. The summed E-state index contributed by atoms with van der Waals surface area (Å²) in [5.74, 6) is 0.854. The number of hydrogen-bond donors (Lipinski definition) is 1. The molecule has 0 bridgehead atoms. The minimum absolute atomic E-state index is 0.00637. The summed E-state index contributed by atoms with van der Waals surface area (Å²) in [5.41, 5.74) is 0. The van der Waals surface area contributed by atoms with Crippen molar-refractivity contribution < 1.29 is 13.2 Å². The molecule has 0 atom stereocenters. The van der Waals surface area contributed by atoms with Crippen LogP contribution in [0.3, 0.4) is 0 Å². The van der Waals surface area contributed by atoms with Gasteiger partial charge >= 0.3 is 0 Å². The fraction of sp³-hybridized carbons (Fsp3) is 0.286. The Morgan fingerprint density at radius 1 is 1.18 bits per heavy atom. The van der Waals surface area contributed by atoms with Crippen LogP contribution in [-0.4, -0.2) is 48.9 Å². The molecule has 116 valence electrons. The first-order valence-electron chi connectivity index (χ1n) is 6.78. The number of para-hydroxylation sites is 1. The molecule has 2 aromatic rings. The zero-order valence-corrected chi connectivity index (χ0v) is 12.8. The largest absolute Gasteiger partial charge is 0.495 e. The van der Waals surface area contributed by atoms with Gasteiger partial charge in [-0.1, -0.05) is 12.1 Å². The third-order valence-corrected chi connectivity index (χ3v) is 5.30. The fourth-order valence-electron chi connectivity index (χ4n) is 2.25. The Morgan fingerprint density at radius 3 is 2.55 bits per heavy atom. The number of anilines is 1. The first-order chi connectivity index (χ1) is 10.6. The van der Waals surface area contributed by atoms with E-state index in [9.17, 15) is 8.42 Å². The summed E-state index contributed by atoms with van der Waals surface area (Å²) in [7, 11) is -2.08. The number of aromatic nitrogens is 2. The monoisotopic (exact) mass is 320 g/mol. The number of nitrogens with one attached hydrogen (secondary N) is 1. The Kier molecular flexibility index (Phi) is 3.95. The van der Waals surface area contributed by atoms with Crippen molar-refractivity contribution in [1.29, 1.82) is 0 Å². The van der Waals surface area contributed by atoms with Gasteiger partial charge in [-0.25, -0.2) is 18.4 Å². The van der Waals surface area contributed by atoms with Crippen LogP contribution in [0.5, 0.6) is 5.75 Å². The second-order valence-electron chi connectivity index (χ2n) is 4.89. The predicted molar refractivity (Wildman–Crippen MR) is 81.2 cm³/mol. The zero-order valence-electron chi connectivity index (χ0n) is 12.0. The van der Waals surface area contributed by atoms with Gasteiger partial charge in [-0.2, -0.15) is 4.31 Å². The molecule has 3 rings (SSSR count). The van der Waals surface area contributed by atoms with Gasteiger partial charge < -0.3 is 10.1 Å². The van der Waals surface area contributed by atoms with E-state index in [1.165, 1.54) is 11.4 Å². The molecule has 0 aliphatic carbocycles. The Hall–Kier alpha value is -2.19. The molecule has 2 heterocycles. The van der Waals surface area contributed by atoms with Gasteiger partial charge in [-0.15, -0.1) is 0 Å². The molecular weight excluding hydrogens is 304 g/mol. The van der Waals surface area contributed by atoms with Crippen LogP contribution in [0.1, 0.15) is 0 Å². The molecule has 0 unspecified atom stereocenters. The van der Waals surface area contributed by atoms with E-state index in [-0.39, 0.29) is 10.9 Å². The fourth-order valence-corrected chi connectivity index (χ4v) is 3.94. The van der Waals surface area contributed by atoms with Crippen molar-refractivity contribution in [3.8, 4) is 5.75 Å². The van der Waals surface area contributed by atoms with Gasteiger partial charge in [-0.05, 0) is 18.2 Å². The lowest BCUT2D eigenvalue weighted by Gasteiger charge is -2.38. The SMILES string of the molecule is COc1ccccc1S(=O)(=O)N1CC(Nc2ncccn2)C1. The molecule has 1 saturated heterocycles. The molecule has 7 nitrogen and oxygen atoms in total. The van der Waals surface area contributed by atoms with Gasteiger partial charge in [0, 0.05) is 25.5 Å². The minimum atomic E-state index is -3.54. The van der Waals surface area contributed by atoms with Crippen LogP contribution < -0.4 is 10.1 Å². The molecule has 1 aromatic heterocycles. The number of methoxy groups -OCH3 is 1. The van der Waals surface area contributed by atoms with Crippen molar-refractivity contribution in [2.24, 2.45) is 0 Å². The van der Waals surface area contributed by atoms with E-state index in [0.29, 0.717) is 24.8 Å². The second kappa shape index (κ2) is 5.90. The average molecular weight is 320 g/mol. The van der Waals surface area contributed by atoms with Gasteiger partial charge in [-0.3, -0.25) is 0 Å². The highest BCUT2D eigenvalue weighted by Gasteiger charge is 2.38. The Bertz CT molecular complexity index is 746. The number of nitrogens with zero attached hydrogens (tertiary/aromatic N) is 3. The topological polar surface area (TPSA) is 84.4 Å². The van der Waals surface area contributed by atoms with Crippen molar-refractivity contribution in [1.82, 2.24) is 14.3 Å². The molecule has 1 N–H and O–H groups in total. The van der Waals surface area contributed by atoms with Gasteiger partial charge in [0.2, 0.25) is 16.0 Å². The number of sulfonamides is 1. The maximum absolute atomic E-state index is 12.6. The van der Waals surface area contributed by atoms with Crippen molar-refractivity contribution >= 4 is 16.0 Å². The van der Waals surface area contributed by atoms with E-state index in [1.807, 2.05) is 0 Å². The zero-order chi connectivity index (χ0) is 15.6. The molecule has 1 fully saturated rings. The van der Waals surface area contributed by atoms with Gasteiger partial charge in [0.1, 0.15) is 10.6 Å². The van der Waals surface area contributed by atoms with E-state index in [4.69, 9.17) is 4.74 Å². The van der Waals surface area contributed by atoms with Crippen LogP contribution in [-0.2, 0) is 10.0 Å². The van der Waals surface area contributed by atoms with Crippen molar-refractivity contribution in [2.75, 3.05) is 25.5 Å². The van der Waals surface area contributed by atoms with E-state index in [0.717, 1.165) is 0 Å². The Balaban J connectivity index is 1.69. The van der Waals surface area contributed by atoms with Crippen molar-refractivity contribution in [3.63, 3.8) is 0 Å². The smallest absolute Gasteiger partial charge is 0.246 e. The number of benzene rings is 1. The average Bonchev–Trinajstić information content (AvgIpc) is 2.51. The maximum atomic E-state index is 12.6. The van der Waals surface area contributed by atoms with Crippen molar-refractivity contribution in [2.45, 2.75) is 10.9 Å². The Morgan fingerprint density at radius 2 is 1.86 bits per heavy atom. The lowest BCUT2D eigenvalue weighted by atomic mass is 10.2. The quantitative estimate of drug-likeness (QED) is 0.884. The van der Waals surface area contributed by atoms with E-state index in [2.05, 4.69) is 15.3 Å². The molecular formula is C14H16N4O3S. The summed E-state index contributed by atoms with van der Waals surface area (Å²) < 4.78 is 31.7. The summed E-state index contributed by atoms with van der Waals surface area (Å²) in [4.78, 5) is 8.31. The van der Waals surface area contributed by atoms with Crippen LogP contribution in [0.25, 0.3) is 0 Å². The molecule has 8 heteroatoms. The predicted octanol–water partition coefficient (Wildman–Crippen LogP) is 0.970. The minimum Gasteiger partial charge on any atom is -0.495 e. The van der Waals surface area contributed by atoms with E-state index < -0.39 is 10.0 Å². The molecule has 0 radical (unpaired) electrons. The number of hydrogen-bond acceptors (Lipinski definition) is 6. The van der Waals surface area contributed by atoms with Crippen LogP contribution >= 0.6 is 0 Å². The number of rotatable bonds is 5. The maximum Gasteiger partial charge on any atom is 0.246 e. The second-order valence-corrected chi connectivity index (χ2v) is 6.79. The van der Waals surface area contributed by atoms with E-state index in [1.54, 1.807) is 42.7 Å². The van der Waals surface area contributed by atoms with Gasteiger partial charge in [0.15, 0.2) is 0 Å². The third kappa shape index (κ3) is 2.75. The molecule has 0 amide bonds. The summed E-state index contributed by atoms with van der Waals surface area (Å²) in [5, 5.41) is 3.10. The summed E-state index contributed by atoms with van der Waals surface area (Å²) in [6.45, 7) is 0.747. The molecule has 1 aliphatic heterocycles. The van der Waals surface area contributed by atoms with Crippen LogP contribution in [0.15, 0.2) is 47.6 Å². The standard InChI is InChI=1S/C14H16N4O3S/c1-21-12-5-2-3-6-13(12)22(19,20)18-9-11(10-18)17-14-15-7-4-8-16-14/h2-8,11H,9-10H2,1H3,(H,15,16,17). The lowest BCUT2D eigenvalue weighted by molar-refractivity contribution is 0.278. The highest BCUT2D eigenvalue weighted by Crippen LogP contribution is 2.29. The molecule has 22 heavy (non-hydrogen) atoms. The van der Waals surface area contributed by atoms with E-state index >= 15 is 0 Å². The Labute approximate surface area is 129 Å². The normalized spacial score (nSPS) is 16.0. The molecule has 0 spiro atoms. The highest BCUT2D eigenvalue weighted by molar-refractivity contribution is 7.89. The van der Waals surface area contributed by atoms with Crippen LogP contribution in [0, 0.1) is 0 Å². The summed E-state index contributed by atoms with van der Waals surface area (Å²) in [6.07, 6.45) is 3.27. The van der Waals surface area contributed by atoms with Gasteiger partial charge in [0.05, 0.1) is 13.2 Å². The lowest BCUT2D eigenvalue weighted by Crippen LogP contribution is -2.56. The van der Waals surface area contributed by atoms with Gasteiger partial charge in [0.25, 0.3) is 0 Å². The molecule has 1 aliphatic rings. The molecule has 1 aromatic carbocycles. The first kappa shape index (κ1) is 14.7. The van der Waals surface area contributed by atoms with Crippen molar-refractivity contribution in [3.05, 3.63) is 42.7 Å². The molecule has 0 saturated carbocycles. The number of ether oxygens (including phenoxy) is 1. The van der Waals surface area contributed by atoms with Crippen LogP contribution in [0.2, 0.25) is 0 Å².